The number of pyridine rings is 1. The van der Waals surface area contributed by atoms with Crippen LogP contribution in [0.25, 0.3) is 0 Å². The summed E-state index contributed by atoms with van der Waals surface area (Å²) >= 11 is 9.23. The van der Waals surface area contributed by atoms with Crippen molar-refractivity contribution < 1.29 is 9.50 Å². The Hall–Kier alpha value is -0.970. The van der Waals surface area contributed by atoms with Crippen LogP contribution in [0.3, 0.4) is 0 Å². The fourth-order valence-electron chi connectivity index (χ4n) is 1.66. The van der Waals surface area contributed by atoms with Crippen LogP contribution in [0, 0.1) is 5.82 Å². The molecule has 1 aromatic carbocycles. The van der Waals surface area contributed by atoms with Gasteiger partial charge in [-0.25, -0.2) is 4.39 Å². The average Bonchev–Trinajstić information content (AvgIpc) is 2.33. The molecule has 2 aromatic rings. The van der Waals surface area contributed by atoms with Gasteiger partial charge in [-0.1, -0.05) is 33.6 Å². The Morgan fingerprint density at radius 1 is 1.39 bits per heavy atom. The van der Waals surface area contributed by atoms with Crippen LogP contribution in [0.4, 0.5) is 4.39 Å². The zero-order valence-corrected chi connectivity index (χ0v) is 11.6. The van der Waals surface area contributed by atoms with E-state index in [-0.39, 0.29) is 5.82 Å². The van der Waals surface area contributed by atoms with E-state index in [1.807, 2.05) is 0 Å². The van der Waals surface area contributed by atoms with Gasteiger partial charge in [0.1, 0.15) is 5.82 Å². The van der Waals surface area contributed by atoms with E-state index in [0.717, 1.165) is 5.56 Å². The highest BCUT2D eigenvalue weighted by Gasteiger charge is 2.14. The van der Waals surface area contributed by atoms with Gasteiger partial charge in [0.15, 0.2) is 0 Å². The standard InChI is InChI=1S/C13H10BrClFNO/c14-11-6-9(16)2-1-8(11)5-13(18)10-3-4-17-7-12(10)15/h1-4,6-7,13,18H,5H2. The van der Waals surface area contributed by atoms with Crippen LogP contribution >= 0.6 is 27.5 Å². The summed E-state index contributed by atoms with van der Waals surface area (Å²) in [4.78, 5) is 3.86. The number of hydrogen-bond acceptors (Lipinski definition) is 2. The maximum atomic E-state index is 13.0. The van der Waals surface area contributed by atoms with E-state index in [1.165, 1.54) is 18.3 Å². The van der Waals surface area contributed by atoms with Gasteiger partial charge in [0.2, 0.25) is 0 Å². The van der Waals surface area contributed by atoms with E-state index >= 15 is 0 Å². The molecule has 18 heavy (non-hydrogen) atoms. The topological polar surface area (TPSA) is 33.1 Å². The molecule has 0 radical (unpaired) electrons. The number of benzene rings is 1. The molecule has 1 atom stereocenters. The van der Waals surface area contributed by atoms with Gasteiger partial charge in [-0.05, 0) is 23.8 Å². The predicted octanol–water partition coefficient (Wildman–Crippen LogP) is 3.91. The van der Waals surface area contributed by atoms with E-state index < -0.39 is 6.10 Å². The summed E-state index contributed by atoms with van der Waals surface area (Å²) in [5, 5.41) is 10.5. The first kappa shape index (κ1) is 13.5. The van der Waals surface area contributed by atoms with Crippen molar-refractivity contribution in [2.75, 3.05) is 0 Å². The molecule has 0 aliphatic rings. The predicted molar refractivity (Wildman–Crippen MR) is 72.0 cm³/mol. The summed E-state index contributed by atoms with van der Waals surface area (Å²) in [5.74, 6) is -0.318. The first-order valence-electron chi connectivity index (χ1n) is 5.29. The van der Waals surface area contributed by atoms with Crippen molar-refractivity contribution in [1.82, 2.24) is 4.98 Å². The highest BCUT2D eigenvalue weighted by Crippen LogP contribution is 2.27. The van der Waals surface area contributed by atoms with Gasteiger partial charge in [-0.2, -0.15) is 0 Å². The molecule has 2 nitrogen and oxygen atoms in total. The van der Waals surface area contributed by atoms with E-state index in [0.29, 0.717) is 21.5 Å². The van der Waals surface area contributed by atoms with Gasteiger partial charge in [0, 0.05) is 28.9 Å². The summed E-state index contributed by atoms with van der Waals surface area (Å²) in [5.41, 5.74) is 1.43. The molecule has 0 saturated heterocycles. The van der Waals surface area contributed by atoms with Crippen molar-refractivity contribution in [1.29, 1.82) is 0 Å². The molecule has 0 aliphatic heterocycles. The van der Waals surface area contributed by atoms with E-state index in [9.17, 15) is 9.50 Å². The van der Waals surface area contributed by atoms with Crippen molar-refractivity contribution in [3.63, 3.8) is 0 Å². The van der Waals surface area contributed by atoms with E-state index in [4.69, 9.17) is 11.6 Å². The van der Waals surface area contributed by atoms with Crippen molar-refractivity contribution in [3.8, 4) is 0 Å². The Morgan fingerprint density at radius 3 is 2.83 bits per heavy atom. The summed E-state index contributed by atoms with van der Waals surface area (Å²) in [7, 11) is 0. The van der Waals surface area contributed by atoms with Crippen molar-refractivity contribution in [2.45, 2.75) is 12.5 Å². The van der Waals surface area contributed by atoms with Crippen LogP contribution < -0.4 is 0 Å². The third-order valence-electron chi connectivity index (χ3n) is 2.59. The second-order valence-electron chi connectivity index (χ2n) is 3.85. The van der Waals surface area contributed by atoms with Crippen molar-refractivity contribution in [3.05, 3.63) is 63.1 Å². The van der Waals surface area contributed by atoms with E-state index in [1.54, 1.807) is 18.3 Å². The summed E-state index contributed by atoms with van der Waals surface area (Å²) in [6.45, 7) is 0. The monoisotopic (exact) mass is 329 g/mol. The normalized spacial score (nSPS) is 12.4. The smallest absolute Gasteiger partial charge is 0.124 e. The number of aliphatic hydroxyl groups excluding tert-OH is 1. The van der Waals surface area contributed by atoms with Gasteiger partial charge in [0.05, 0.1) is 11.1 Å². The fraction of sp³-hybridized carbons (Fsp3) is 0.154. The lowest BCUT2D eigenvalue weighted by molar-refractivity contribution is 0.178. The Kier molecular flexibility index (Phi) is 4.32. The number of rotatable bonds is 3. The Morgan fingerprint density at radius 2 is 2.17 bits per heavy atom. The third kappa shape index (κ3) is 3.07. The quantitative estimate of drug-likeness (QED) is 0.925. The molecule has 1 unspecified atom stereocenters. The Bertz CT molecular complexity index is 564. The van der Waals surface area contributed by atoms with Crippen LogP contribution in [-0.4, -0.2) is 10.1 Å². The first-order valence-corrected chi connectivity index (χ1v) is 6.46. The van der Waals surface area contributed by atoms with Crippen LogP contribution in [0.2, 0.25) is 5.02 Å². The minimum Gasteiger partial charge on any atom is -0.388 e. The molecule has 0 spiro atoms. The molecule has 0 fully saturated rings. The van der Waals surface area contributed by atoms with Gasteiger partial charge >= 0.3 is 0 Å². The number of halogens is 3. The fourth-order valence-corrected chi connectivity index (χ4v) is 2.42. The largest absolute Gasteiger partial charge is 0.388 e. The second kappa shape index (κ2) is 5.78. The SMILES string of the molecule is OC(Cc1ccc(F)cc1Br)c1ccncc1Cl. The summed E-state index contributed by atoms with van der Waals surface area (Å²) < 4.78 is 13.6. The Labute approximate surface area is 118 Å². The molecule has 0 aliphatic carbocycles. The van der Waals surface area contributed by atoms with Gasteiger partial charge < -0.3 is 5.11 Å². The van der Waals surface area contributed by atoms with Crippen LogP contribution in [0.15, 0.2) is 41.1 Å². The van der Waals surface area contributed by atoms with Gasteiger partial charge in [-0.15, -0.1) is 0 Å². The number of aromatic nitrogens is 1. The van der Waals surface area contributed by atoms with E-state index in [2.05, 4.69) is 20.9 Å². The van der Waals surface area contributed by atoms with Gasteiger partial charge in [0.25, 0.3) is 0 Å². The molecule has 0 amide bonds. The molecular formula is C13H10BrClFNO. The van der Waals surface area contributed by atoms with Crippen LogP contribution in [-0.2, 0) is 6.42 Å². The maximum Gasteiger partial charge on any atom is 0.124 e. The number of nitrogens with zero attached hydrogens (tertiary/aromatic N) is 1. The zero-order chi connectivity index (χ0) is 13.1. The zero-order valence-electron chi connectivity index (χ0n) is 9.28. The Balaban J connectivity index is 2.21. The molecule has 1 heterocycles. The molecule has 1 aromatic heterocycles. The molecule has 5 heteroatoms. The molecular weight excluding hydrogens is 321 g/mol. The highest BCUT2D eigenvalue weighted by molar-refractivity contribution is 9.10. The third-order valence-corrected chi connectivity index (χ3v) is 3.65. The summed E-state index contributed by atoms with van der Waals surface area (Å²) in [6.07, 6.45) is 2.66. The lowest BCUT2D eigenvalue weighted by Gasteiger charge is -2.13. The first-order chi connectivity index (χ1) is 8.58. The average molecular weight is 331 g/mol. The van der Waals surface area contributed by atoms with Crippen LogP contribution in [0.1, 0.15) is 17.2 Å². The molecule has 94 valence electrons. The van der Waals surface area contributed by atoms with Gasteiger partial charge in [-0.3, -0.25) is 4.98 Å². The lowest BCUT2D eigenvalue weighted by atomic mass is 10.0. The molecule has 0 bridgehead atoms. The molecule has 0 saturated carbocycles. The number of aliphatic hydroxyl groups is 1. The molecule has 2 rings (SSSR count). The highest BCUT2D eigenvalue weighted by atomic mass is 79.9. The second-order valence-corrected chi connectivity index (χ2v) is 5.11. The summed E-state index contributed by atoms with van der Waals surface area (Å²) in [6, 6.07) is 6.04. The lowest BCUT2D eigenvalue weighted by Crippen LogP contribution is -2.03. The van der Waals surface area contributed by atoms with Crippen molar-refractivity contribution >= 4 is 27.5 Å². The maximum absolute atomic E-state index is 13.0. The van der Waals surface area contributed by atoms with Crippen molar-refractivity contribution in [2.24, 2.45) is 0 Å². The minimum absolute atomic E-state index is 0.318. The minimum atomic E-state index is -0.748. The van der Waals surface area contributed by atoms with Crippen LogP contribution in [0.5, 0.6) is 0 Å². The molecule has 1 N–H and O–H groups in total. The number of hydrogen-bond donors (Lipinski definition) is 1.